The molecular weight excluding hydrogens is 247 g/mol. The summed E-state index contributed by atoms with van der Waals surface area (Å²) in [6, 6.07) is 13.2. The van der Waals surface area contributed by atoms with E-state index in [1.54, 1.807) is 6.07 Å². The van der Waals surface area contributed by atoms with Gasteiger partial charge in [-0.25, -0.2) is 4.57 Å². The lowest BCUT2D eigenvalue weighted by Crippen LogP contribution is -1.97. The fourth-order valence-electron chi connectivity index (χ4n) is 1.83. The lowest BCUT2D eigenvalue weighted by molar-refractivity contribution is 0.379. The van der Waals surface area contributed by atoms with Crippen LogP contribution in [-0.4, -0.2) is 11.1 Å². The predicted octanol–water partition coefficient (Wildman–Crippen LogP) is 4.20. The molecule has 0 aromatic heterocycles. The Morgan fingerprint density at radius 3 is 2.67 bits per heavy atom. The van der Waals surface area contributed by atoms with E-state index in [0.29, 0.717) is 12.2 Å². The molecule has 2 rings (SSSR count). The third kappa shape index (κ3) is 3.12. The highest BCUT2D eigenvalue weighted by molar-refractivity contribution is 7.53. The maximum atomic E-state index is 11.9. The second kappa shape index (κ2) is 5.55. The quantitative estimate of drug-likeness (QED) is 0.823. The molecule has 0 aliphatic carbocycles. The van der Waals surface area contributed by atoms with Gasteiger partial charge in [-0.2, -0.15) is 0 Å². The lowest BCUT2D eigenvalue weighted by atomic mass is 10.1. The second-order valence-electron chi connectivity index (χ2n) is 4.28. The number of fused-ring (bicyclic) bond motifs is 1. The Morgan fingerprint density at radius 2 is 1.89 bits per heavy atom. The molecule has 0 saturated carbocycles. The third-order valence-electron chi connectivity index (χ3n) is 2.78. The van der Waals surface area contributed by atoms with Gasteiger partial charge < -0.3 is 9.42 Å². The van der Waals surface area contributed by atoms with Gasteiger partial charge in [0.2, 0.25) is 0 Å². The van der Waals surface area contributed by atoms with Crippen LogP contribution in [-0.2, 0) is 4.57 Å². The van der Waals surface area contributed by atoms with Crippen LogP contribution in [0.5, 0.6) is 5.75 Å². The molecule has 0 aliphatic rings. The van der Waals surface area contributed by atoms with Crippen molar-refractivity contribution < 1.29 is 14.0 Å². The molecule has 0 radical (unpaired) electrons. The van der Waals surface area contributed by atoms with Crippen LogP contribution >= 0.6 is 7.60 Å². The van der Waals surface area contributed by atoms with Crippen molar-refractivity contribution in [1.82, 2.24) is 0 Å². The second-order valence-corrected chi connectivity index (χ2v) is 6.19. The van der Waals surface area contributed by atoms with Gasteiger partial charge in [-0.3, -0.25) is 0 Å². The Kier molecular flexibility index (Phi) is 4.05. The SMILES string of the molecule is CCCCP(=O)(O)Oc1cccc2ccccc12. The molecule has 0 bridgehead atoms. The highest BCUT2D eigenvalue weighted by Crippen LogP contribution is 2.45. The molecule has 0 amide bonds. The minimum absolute atomic E-state index is 0.201. The number of hydrogen-bond donors (Lipinski definition) is 1. The largest absolute Gasteiger partial charge is 0.424 e. The summed E-state index contributed by atoms with van der Waals surface area (Å²) in [6.07, 6.45) is 1.77. The van der Waals surface area contributed by atoms with E-state index >= 15 is 0 Å². The Bertz CT molecular complexity index is 575. The Hall–Kier alpha value is -1.31. The van der Waals surface area contributed by atoms with Crippen LogP contribution in [0, 0.1) is 0 Å². The average molecular weight is 264 g/mol. The fourth-order valence-corrected chi connectivity index (χ4v) is 3.11. The first-order valence-corrected chi connectivity index (χ1v) is 7.88. The first kappa shape index (κ1) is 13.1. The smallest absolute Gasteiger partial charge is 0.376 e. The van der Waals surface area contributed by atoms with Gasteiger partial charge in [0, 0.05) is 5.39 Å². The van der Waals surface area contributed by atoms with E-state index in [1.165, 1.54) is 0 Å². The van der Waals surface area contributed by atoms with Crippen molar-refractivity contribution in [2.24, 2.45) is 0 Å². The minimum atomic E-state index is -3.54. The van der Waals surface area contributed by atoms with E-state index in [2.05, 4.69) is 0 Å². The molecule has 2 aromatic rings. The molecule has 1 N–H and O–H groups in total. The molecule has 18 heavy (non-hydrogen) atoms. The molecule has 96 valence electrons. The predicted molar refractivity (Wildman–Crippen MR) is 74.2 cm³/mol. The molecule has 1 unspecified atom stereocenters. The van der Waals surface area contributed by atoms with Crippen molar-refractivity contribution in [3.63, 3.8) is 0 Å². The molecular formula is C14H17O3P. The van der Waals surface area contributed by atoms with Crippen molar-refractivity contribution >= 4 is 18.4 Å². The van der Waals surface area contributed by atoms with Gasteiger partial charge >= 0.3 is 7.60 Å². The van der Waals surface area contributed by atoms with Crippen molar-refractivity contribution in [3.05, 3.63) is 42.5 Å². The van der Waals surface area contributed by atoms with Gasteiger partial charge in [-0.05, 0) is 17.9 Å². The summed E-state index contributed by atoms with van der Waals surface area (Å²) < 4.78 is 17.2. The lowest BCUT2D eigenvalue weighted by Gasteiger charge is -2.14. The van der Waals surface area contributed by atoms with Crippen molar-refractivity contribution in [2.45, 2.75) is 19.8 Å². The molecule has 0 heterocycles. The van der Waals surface area contributed by atoms with E-state index in [0.717, 1.165) is 17.2 Å². The number of hydrogen-bond acceptors (Lipinski definition) is 2. The minimum Gasteiger partial charge on any atom is -0.424 e. The highest BCUT2D eigenvalue weighted by atomic mass is 31.2. The molecule has 0 saturated heterocycles. The van der Waals surface area contributed by atoms with Crippen LogP contribution in [0.1, 0.15) is 19.8 Å². The normalized spacial score (nSPS) is 14.3. The monoisotopic (exact) mass is 264 g/mol. The van der Waals surface area contributed by atoms with Crippen molar-refractivity contribution in [3.8, 4) is 5.75 Å². The summed E-state index contributed by atoms with van der Waals surface area (Å²) >= 11 is 0. The summed E-state index contributed by atoms with van der Waals surface area (Å²) in [5, 5.41) is 1.87. The Morgan fingerprint density at radius 1 is 1.17 bits per heavy atom. The van der Waals surface area contributed by atoms with Gasteiger partial charge in [-0.15, -0.1) is 0 Å². The molecule has 0 aliphatic heterocycles. The van der Waals surface area contributed by atoms with Crippen LogP contribution < -0.4 is 4.52 Å². The van der Waals surface area contributed by atoms with Crippen molar-refractivity contribution in [2.75, 3.05) is 6.16 Å². The zero-order chi connectivity index (χ0) is 13.0. The van der Waals surface area contributed by atoms with E-state index in [1.807, 2.05) is 43.3 Å². The first-order valence-electron chi connectivity index (χ1n) is 6.11. The number of benzene rings is 2. The first-order chi connectivity index (χ1) is 8.62. The third-order valence-corrected chi connectivity index (χ3v) is 4.15. The molecule has 4 heteroatoms. The standard InChI is InChI=1S/C14H17O3P/c1-2-3-11-18(15,16)17-14-10-6-8-12-7-4-5-9-13(12)14/h4-10H,2-3,11H2,1H3,(H,15,16). The number of rotatable bonds is 5. The van der Waals surface area contributed by atoms with E-state index in [9.17, 15) is 9.46 Å². The summed E-state index contributed by atoms with van der Waals surface area (Å²) in [5.74, 6) is 0.482. The van der Waals surface area contributed by atoms with Gasteiger partial charge in [0.05, 0.1) is 6.16 Å². The van der Waals surface area contributed by atoms with Gasteiger partial charge in [-0.1, -0.05) is 49.7 Å². The van der Waals surface area contributed by atoms with Crippen LogP contribution in [0.15, 0.2) is 42.5 Å². The Balaban J connectivity index is 2.29. The Labute approximate surface area is 107 Å². The van der Waals surface area contributed by atoms with Crippen LogP contribution in [0.2, 0.25) is 0 Å². The average Bonchev–Trinajstić information content (AvgIpc) is 2.37. The molecule has 0 fully saturated rings. The van der Waals surface area contributed by atoms with Crippen LogP contribution in [0.25, 0.3) is 10.8 Å². The number of unbranched alkanes of at least 4 members (excludes halogenated alkanes) is 1. The highest BCUT2D eigenvalue weighted by Gasteiger charge is 2.20. The summed E-state index contributed by atoms with van der Waals surface area (Å²) in [4.78, 5) is 9.79. The summed E-state index contributed by atoms with van der Waals surface area (Å²) in [7, 11) is -3.54. The molecule has 2 aromatic carbocycles. The molecule has 3 nitrogen and oxygen atoms in total. The fraction of sp³-hybridized carbons (Fsp3) is 0.286. The van der Waals surface area contributed by atoms with Gasteiger partial charge in [0.15, 0.2) is 0 Å². The zero-order valence-electron chi connectivity index (χ0n) is 10.4. The maximum Gasteiger partial charge on any atom is 0.376 e. The zero-order valence-corrected chi connectivity index (χ0v) is 11.3. The van der Waals surface area contributed by atoms with E-state index < -0.39 is 7.60 Å². The van der Waals surface area contributed by atoms with Crippen LogP contribution in [0.3, 0.4) is 0 Å². The van der Waals surface area contributed by atoms with Crippen molar-refractivity contribution in [1.29, 1.82) is 0 Å². The summed E-state index contributed by atoms with van der Waals surface area (Å²) in [6.45, 7) is 1.98. The molecule has 0 spiro atoms. The topological polar surface area (TPSA) is 46.5 Å². The molecule has 1 atom stereocenters. The summed E-state index contributed by atoms with van der Waals surface area (Å²) in [5.41, 5.74) is 0. The van der Waals surface area contributed by atoms with E-state index in [4.69, 9.17) is 4.52 Å². The van der Waals surface area contributed by atoms with Gasteiger partial charge in [0.25, 0.3) is 0 Å². The van der Waals surface area contributed by atoms with Crippen LogP contribution in [0.4, 0.5) is 0 Å². The van der Waals surface area contributed by atoms with E-state index in [-0.39, 0.29) is 6.16 Å². The van der Waals surface area contributed by atoms with Gasteiger partial charge in [0.1, 0.15) is 5.75 Å². The maximum absolute atomic E-state index is 11.9.